The van der Waals surface area contributed by atoms with E-state index >= 15 is 0 Å². The van der Waals surface area contributed by atoms with Gasteiger partial charge >= 0.3 is 0 Å². The number of carbonyl (C=O) groups is 1. The molecule has 0 radical (unpaired) electrons. The molecule has 3 N–H and O–H groups in total. The molecule has 0 unspecified atom stereocenters. The number of fused-ring (bicyclic) bond motifs is 1. The van der Waals surface area contributed by atoms with Gasteiger partial charge in [-0.2, -0.15) is 0 Å². The highest BCUT2D eigenvalue weighted by Gasteiger charge is 2.26. The third-order valence-corrected chi connectivity index (χ3v) is 4.44. The van der Waals surface area contributed by atoms with Gasteiger partial charge in [0.15, 0.2) is 11.5 Å². The van der Waals surface area contributed by atoms with Gasteiger partial charge < -0.3 is 30.0 Å². The summed E-state index contributed by atoms with van der Waals surface area (Å²) in [7, 11) is 1.56. The fraction of sp³-hybridized carbons (Fsp3) is 0.588. The fourth-order valence-corrected chi connectivity index (χ4v) is 3.03. The summed E-state index contributed by atoms with van der Waals surface area (Å²) in [5, 5.41) is 16.0. The van der Waals surface area contributed by atoms with Gasteiger partial charge in [0.1, 0.15) is 0 Å². The molecule has 0 saturated carbocycles. The van der Waals surface area contributed by atoms with E-state index < -0.39 is 6.10 Å². The molecule has 1 fully saturated rings. The normalized spacial score (nSPS) is 23.2. The zero-order chi connectivity index (χ0) is 16.9. The first-order chi connectivity index (χ1) is 11.7. The number of ether oxygens (including phenoxy) is 3. The molecular weight excluding hydrogens is 312 g/mol. The van der Waals surface area contributed by atoms with Crippen molar-refractivity contribution in [3.8, 4) is 17.2 Å². The van der Waals surface area contributed by atoms with E-state index in [-0.39, 0.29) is 11.8 Å². The molecule has 0 spiro atoms. The number of rotatable bonds is 4. The zero-order valence-corrected chi connectivity index (χ0v) is 13.8. The third kappa shape index (κ3) is 3.57. The van der Waals surface area contributed by atoms with Crippen molar-refractivity contribution in [2.75, 3.05) is 40.0 Å². The molecule has 1 amide bonds. The number of amides is 1. The molecule has 0 bridgehead atoms. The second kappa shape index (κ2) is 7.72. The predicted molar refractivity (Wildman–Crippen MR) is 87.9 cm³/mol. The Labute approximate surface area is 141 Å². The summed E-state index contributed by atoms with van der Waals surface area (Å²) in [6.45, 7) is 2.87. The molecule has 0 aromatic heterocycles. The number of β-amino-alcohol motifs (C(OH)–C–C–N with tert-alkyl or cyclic N) is 1. The van der Waals surface area contributed by atoms with Crippen molar-refractivity contribution in [2.24, 2.45) is 5.92 Å². The van der Waals surface area contributed by atoms with E-state index in [1.54, 1.807) is 19.2 Å². The van der Waals surface area contributed by atoms with E-state index in [9.17, 15) is 9.90 Å². The number of nitrogens with one attached hydrogen (secondary N) is 2. The van der Waals surface area contributed by atoms with Crippen molar-refractivity contribution in [1.29, 1.82) is 0 Å². The Morgan fingerprint density at radius 1 is 1.38 bits per heavy atom. The van der Waals surface area contributed by atoms with Crippen LogP contribution in [0.2, 0.25) is 0 Å². The van der Waals surface area contributed by atoms with Gasteiger partial charge in [0.25, 0.3) is 5.91 Å². The standard InChI is InChI=1S/C17H24N2O5/c1-22-14-4-3-12(15-16(14)24-8-2-7-23-15)17(21)19-9-11-5-6-18-10-13(11)20/h3-4,11,13,18,20H,2,5-10H2,1H3,(H,19,21)/t11-,13-/m1/s1. The van der Waals surface area contributed by atoms with Gasteiger partial charge in [-0.3, -0.25) is 4.79 Å². The molecule has 7 heteroatoms. The minimum Gasteiger partial charge on any atom is -0.493 e. The van der Waals surface area contributed by atoms with Crippen LogP contribution in [0.1, 0.15) is 23.2 Å². The highest BCUT2D eigenvalue weighted by molar-refractivity contribution is 5.98. The molecule has 1 aromatic rings. The van der Waals surface area contributed by atoms with Crippen LogP contribution < -0.4 is 24.8 Å². The zero-order valence-electron chi connectivity index (χ0n) is 13.8. The van der Waals surface area contributed by atoms with Crippen molar-refractivity contribution in [2.45, 2.75) is 18.9 Å². The molecule has 3 rings (SSSR count). The highest BCUT2D eigenvalue weighted by atomic mass is 16.5. The van der Waals surface area contributed by atoms with E-state index in [2.05, 4.69) is 10.6 Å². The minimum atomic E-state index is -0.438. The molecule has 0 aliphatic carbocycles. The maximum absolute atomic E-state index is 12.6. The maximum atomic E-state index is 12.6. The van der Waals surface area contributed by atoms with Crippen molar-refractivity contribution in [3.63, 3.8) is 0 Å². The molecule has 2 aliphatic heterocycles. The van der Waals surface area contributed by atoms with Crippen LogP contribution >= 0.6 is 0 Å². The number of aliphatic hydroxyl groups is 1. The summed E-state index contributed by atoms with van der Waals surface area (Å²) >= 11 is 0. The largest absolute Gasteiger partial charge is 0.493 e. The molecule has 7 nitrogen and oxygen atoms in total. The van der Waals surface area contributed by atoms with Crippen LogP contribution in [0, 0.1) is 5.92 Å². The Kier molecular flexibility index (Phi) is 5.42. The molecule has 24 heavy (non-hydrogen) atoms. The maximum Gasteiger partial charge on any atom is 0.255 e. The van der Waals surface area contributed by atoms with Crippen LogP contribution in [0.15, 0.2) is 12.1 Å². The highest BCUT2D eigenvalue weighted by Crippen LogP contribution is 2.41. The Morgan fingerprint density at radius 3 is 2.92 bits per heavy atom. The molecular formula is C17H24N2O5. The summed E-state index contributed by atoms with van der Waals surface area (Å²) in [5.41, 5.74) is 0.427. The first-order valence-electron chi connectivity index (χ1n) is 8.34. The lowest BCUT2D eigenvalue weighted by molar-refractivity contribution is 0.0752. The monoisotopic (exact) mass is 336 g/mol. The molecule has 132 valence electrons. The van der Waals surface area contributed by atoms with E-state index in [0.29, 0.717) is 49.1 Å². The number of hydrogen-bond acceptors (Lipinski definition) is 6. The van der Waals surface area contributed by atoms with E-state index in [1.807, 2.05) is 0 Å². The summed E-state index contributed by atoms with van der Waals surface area (Å²) in [6, 6.07) is 3.39. The molecule has 1 saturated heterocycles. The lowest BCUT2D eigenvalue weighted by atomic mass is 9.95. The predicted octanol–water partition coefficient (Wildman–Crippen LogP) is 0.557. The van der Waals surface area contributed by atoms with Gasteiger partial charge in [-0.1, -0.05) is 0 Å². The van der Waals surface area contributed by atoms with Gasteiger partial charge in [-0.25, -0.2) is 0 Å². The van der Waals surface area contributed by atoms with Crippen LogP contribution in [0.25, 0.3) is 0 Å². The van der Waals surface area contributed by atoms with Crippen LogP contribution in [0.5, 0.6) is 17.2 Å². The minimum absolute atomic E-state index is 0.0595. The van der Waals surface area contributed by atoms with E-state index in [1.165, 1.54) is 0 Å². The van der Waals surface area contributed by atoms with Gasteiger partial charge in [-0.15, -0.1) is 0 Å². The Hall–Kier alpha value is -1.99. The van der Waals surface area contributed by atoms with E-state index in [0.717, 1.165) is 19.4 Å². The second-order valence-electron chi connectivity index (χ2n) is 6.05. The van der Waals surface area contributed by atoms with Crippen molar-refractivity contribution >= 4 is 5.91 Å². The van der Waals surface area contributed by atoms with Crippen molar-refractivity contribution < 1.29 is 24.1 Å². The third-order valence-electron chi connectivity index (χ3n) is 4.44. The van der Waals surface area contributed by atoms with Crippen molar-refractivity contribution in [3.05, 3.63) is 17.7 Å². The van der Waals surface area contributed by atoms with E-state index in [4.69, 9.17) is 14.2 Å². The number of carbonyl (C=O) groups excluding carboxylic acids is 1. The topological polar surface area (TPSA) is 89.1 Å². The first kappa shape index (κ1) is 16.9. The van der Waals surface area contributed by atoms with Crippen LogP contribution in [0.4, 0.5) is 0 Å². The van der Waals surface area contributed by atoms with Crippen LogP contribution in [-0.4, -0.2) is 57.1 Å². The second-order valence-corrected chi connectivity index (χ2v) is 6.05. The smallest absolute Gasteiger partial charge is 0.255 e. The lowest BCUT2D eigenvalue weighted by Gasteiger charge is -2.28. The summed E-state index contributed by atoms with van der Waals surface area (Å²) < 4.78 is 16.7. The number of aliphatic hydroxyl groups excluding tert-OH is 1. The van der Waals surface area contributed by atoms with Gasteiger partial charge in [0, 0.05) is 25.4 Å². The van der Waals surface area contributed by atoms with Gasteiger partial charge in [0.05, 0.1) is 32.0 Å². The molecule has 2 aliphatic rings. The number of piperidine rings is 1. The van der Waals surface area contributed by atoms with Gasteiger partial charge in [-0.05, 0) is 25.1 Å². The number of methoxy groups -OCH3 is 1. The molecule has 1 aromatic carbocycles. The quantitative estimate of drug-likeness (QED) is 0.744. The summed E-state index contributed by atoms with van der Waals surface area (Å²) in [5.74, 6) is 1.28. The number of benzene rings is 1. The van der Waals surface area contributed by atoms with Gasteiger partial charge in [0.2, 0.25) is 5.75 Å². The average Bonchev–Trinajstić information content (AvgIpc) is 2.86. The lowest BCUT2D eigenvalue weighted by Crippen LogP contribution is -2.45. The first-order valence-corrected chi connectivity index (χ1v) is 8.34. The summed E-state index contributed by atoms with van der Waals surface area (Å²) in [6.07, 6.45) is 1.15. The SMILES string of the molecule is COc1ccc(C(=O)NC[C@H]2CCNC[C@H]2O)c2c1OCCCO2. The Balaban J connectivity index is 1.74. The average molecular weight is 336 g/mol. The number of hydrogen-bond donors (Lipinski definition) is 3. The van der Waals surface area contributed by atoms with Crippen LogP contribution in [-0.2, 0) is 0 Å². The molecule has 2 atom stereocenters. The Bertz CT molecular complexity index is 593. The van der Waals surface area contributed by atoms with Crippen molar-refractivity contribution in [1.82, 2.24) is 10.6 Å². The Morgan fingerprint density at radius 2 is 2.17 bits per heavy atom. The van der Waals surface area contributed by atoms with Crippen LogP contribution in [0.3, 0.4) is 0 Å². The fourth-order valence-electron chi connectivity index (χ4n) is 3.03. The summed E-state index contributed by atoms with van der Waals surface area (Å²) in [4.78, 5) is 12.6. The molecule has 2 heterocycles.